The van der Waals surface area contributed by atoms with Crippen molar-refractivity contribution in [3.63, 3.8) is 0 Å². The number of halogens is 1. The minimum absolute atomic E-state index is 0.0555. The molecule has 6 heterocycles. The van der Waals surface area contributed by atoms with Crippen LogP contribution in [0.2, 0.25) is 0 Å². The number of fused-ring (bicyclic) bond motifs is 2. The number of nitrogens with zero attached hydrogens (tertiary/aromatic N) is 4. The molecular weight excluding hydrogens is 501 g/mol. The summed E-state index contributed by atoms with van der Waals surface area (Å²) >= 11 is 1.09. The molecule has 7 rings (SSSR count). The predicted molar refractivity (Wildman–Crippen MR) is 146 cm³/mol. The summed E-state index contributed by atoms with van der Waals surface area (Å²) in [5.41, 5.74) is 6.22. The Kier molecular flexibility index (Phi) is 5.47. The standard InChI is InChI=1S/C28H22FN7OS/c29-26-6-5-25(38-26)20-12-31-13-23-18(20)8-22(34-23)27-19-9-21(32-14-24(19)35-36-27)16-7-17(11-30-10-16)33-28(37)15-3-1-2-4-15/h5-15,34H,1-4H2,(H,33,37)(H,35,36). The minimum atomic E-state index is -0.234. The van der Waals surface area contributed by atoms with Crippen molar-refractivity contribution in [2.45, 2.75) is 25.7 Å². The molecule has 0 aliphatic heterocycles. The van der Waals surface area contributed by atoms with Gasteiger partial charge in [-0.15, -0.1) is 11.3 Å². The van der Waals surface area contributed by atoms with Crippen molar-refractivity contribution in [1.29, 1.82) is 0 Å². The van der Waals surface area contributed by atoms with Crippen molar-refractivity contribution in [3.05, 3.63) is 66.4 Å². The second-order valence-corrected chi connectivity index (χ2v) is 10.6. The van der Waals surface area contributed by atoms with Crippen LogP contribution in [0.1, 0.15) is 25.7 Å². The summed E-state index contributed by atoms with van der Waals surface area (Å²) in [7, 11) is 0. The topological polar surface area (TPSA) is 112 Å². The molecule has 0 bridgehead atoms. The zero-order chi connectivity index (χ0) is 25.6. The lowest BCUT2D eigenvalue weighted by atomic mass is 10.1. The first kappa shape index (κ1) is 22.7. The average molecular weight is 524 g/mol. The summed E-state index contributed by atoms with van der Waals surface area (Å²) in [5, 5.41) is 12.2. The minimum Gasteiger partial charge on any atom is -0.352 e. The van der Waals surface area contributed by atoms with E-state index in [9.17, 15) is 9.18 Å². The third kappa shape index (κ3) is 4.03. The van der Waals surface area contributed by atoms with Gasteiger partial charge in [0.1, 0.15) is 5.69 Å². The van der Waals surface area contributed by atoms with Crippen molar-refractivity contribution >= 4 is 44.7 Å². The quantitative estimate of drug-likeness (QED) is 0.237. The highest BCUT2D eigenvalue weighted by molar-refractivity contribution is 7.14. The summed E-state index contributed by atoms with van der Waals surface area (Å²) in [4.78, 5) is 30.1. The molecule has 1 fully saturated rings. The van der Waals surface area contributed by atoms with E-state index in [-0.39, 0.29) is 17.0 Å². The highest BCUT2D eigenvalue weighted by Gasteiger charge is 2.23. The van der Waals surface area contributed by atoms with Crippen LogP contribution in [0.3, 0.4) is 0 Å². The molecule has 1 amide bonds. The van der Waals surface area contributed by atoms with Gasteiger partial charge in [0, 0.05) is 45.1 Å². The van der Waals surface area contributed by atoms with E-state index in [0.29, 0.717) is 5.69 Å². The number of H-pyrrole nitrogens is 2. The van der Waals surface area contributed by atoms with Crippen LogP contribution in [0.5, 0.6) is 0 Å². The van der Waals surface area contributed by atoms with Crippen LogP contribution in [-0.4, -0.2) is 36.0 Å². The number of pyridine rings is 3. The third-order valence-corrected chi connectivity index (χ3v) is 8.02. The molecule has 0 spiro atoms. The average Bonchev–Trinajstić information content (AvgIpc) is 3.74. The van der Waals surface area contributed by atoms with Crippen LogP contribution < -0.4 is 5.32 Å². The van der Waals surface area contributed by atoms with Crippen molar-refractivity contribution in [2.75, 3.05) is 5.32 Å². The lowest BCUT2D eigenvalue weighted by Crippen LogP contribution is -2.20. The summed E-state index contributed by atoms with van der Waals surface area (Å²) in [6.07, 6.45) is 12.7. The molecule has 0 atom stereocenters. The van der Waals surface area contributed by atoms with E-state index >= 15 is 0 Å². The number of amides is 1. The molecule has 0 unspecified atom stereocenters. The fourth-order valence-corrected chi connectivity index (χ4v) is 5.95. The van der Waals surface area contributed by atoms with E-state index in [4.69, 9.17) is 0 Å². The Morgan fingerprint density at radius 2 is 1.84 bits per heavy atom. The highest BCUT2D eigenvalue weighted by Crippen LogP contribution is 2.36. The second-order valence-electron chi connectivity index (χ2n) is 9.56. The molecule has 38 heavy (non-hydrogen) atoms. The maximum Gasteiger partial charge on any atom is 0.227 e. The van der Waals surface area contributed by atoms with Gasteiger partial charge in [0.2, 0.25) is 5.91 Å². The number of thiophene rings is 1. The number of anilines is 1. The summed E-state index contributed by atoms with van der Waals surface area (Å²) in [6, 6.07) is 9.11. The highest BCUT2D eigenvalue weighted by atomic mass is 32.1. The lowest BCUT2D eigenvalue weighted by Gasteiger charge is -2.11. The van der Waals surface area contributed by atoms with Gasteiger partial charge in [-0.2, -0.15) is 9.49 Å². The van der Waals surface area contributed by atoms with Crippen LogP contribution in [0.25, 0.3) is 54.9 Å². The van der Waals surface area contributed by atoms with Gasteiger partial charge in [-0.3, -0.25) is 24.8 Å². The third-order valence-electron chi connectivity index (χ3n) is 7.11. The number of carbonyl (C=O) groups is 1. The Morgan fingerprint density at radius 3 is 2.68 bits per heavy atom. The van der Waals surface area contributed by atoms with Crippen LogP contribution in [0.15, 0.2) is 61.3 Å². The number of rotatable bonds is 5. The number of aromatic amines is 2. The summed E-state index contributed by atoms with van der Waals surface area (Å²) in [6.45, 7) is 0. The van der Waals surface area contributed by atoms with Gasteiger partial charge in [-0.05, 0) is 43.2 Å². The van der Waals surface area contributed by atoms with Crippen LogP contribution >= 0.6 is 11.3 Å². The van der Waals surface area contributed by atoms with E-state index in [1.54, 1.807) is 37.1 Å². The molecule has 8 nitrogen and oxygen atoms in total. The first-order valence-corrected chi connectivity index (χ1v) is 13.3. The predicted octanol–water partition coefficient (Wildman–Crippen LogP) is 6.56. The molecule has 10 heteroatoms. The molecule has 6 aromatic rings. The van der Waals surface area contributed by atoms with Crippen LogP contribution in [0.4, 0.5) is 10.1 Å². The molecule has 1 aliphatic carbocycles. The Balaban J connectivity index is 1.24. The van der Waals surface area contributed by atoms with E-state index in [0.717, 1.165) is 91.9 Å². The van der Waals surface area contributed by atoms with Crippen molar-refractivity contribution in [1.82, 2.24) is 30.1 Å². The SMILES string of the molecule is O=C(Nc1cncc(-c2cc3c(-c4cc5c(-c6ccc(F)s6)cncc5[nH]4)n[nH]c3cn2)c1)C1CCCC1. The van der Waals surface area contributed by atoms with Gasteiger partial charge in [0.05, 0.1) is 46.7 Å². The molecule has 1 saturated carbocycles. The number of aromatic nitrogens is 6. The van der Waals surface area contributed by atoms with E-state index in [2.05, 4.69) is 35.5 Å². The van der Waals surface area contributed by atoms with Gasteiger partial charge in [-0.25, -0.2) is 0 Å². The number of hydrogen-bond acceptors (Lipinski definition) is 6. The van der Waals surface area contributed by atoms with Gasteiger partial charge >= 0.3 is 0 Å². The molecule has 3 N–H and O–H groups in total. The Bertz CT molecular complexity index is 1810. The van der Waals surface area contributed by atoms with E-state index in [1.807, 2.05) is 18.2 Å². The molecule has 188 valence electrons. The maximum atomic E-state index is 13.7. The van der Waals surface area contributed by atoms with Gasteiger partial charge in [-0.1, -0.05) is 12.8 Å². The monoisotopic (exact) mass is 523 g/mol. The summed E-state index contributed by atoms with van der Waals surface area (Å²) < 4.78 is 13.7. The van der Waals surface area contributed by atoms with Crippen LogP contribution in [-0.2, 0) is 4.79 Å². The molecule has 0 saturated heterocycles. The van der Waals surface area contributed by atoms with E-state index < -0.39 is 0 Å². The molecule has 0 aromatic carbocycles. The number of hydrogen-bond donors (Lipinski definition) is 3. The maximum absolute atomic E-state index is 13.7. The number of carbonyl (C=O) groups excluding carboxylic acids is 1. The Hall–Kier alpha value is -4.44. The summed E-state index contributed by atoms with van der Waals surface area (Å²) in [5.74, 6) is 0.132. The fourth-order valence-electron chi connectivity index (χ4n) is 5.19. The second kappa shape index (κ2) is 9.14. The van der Waals surface area contributed by atoms with Gasteiger partial charge < -0.3 is 10.3 Å². The van der Waals surface area contributed by atoms with E-state index in [1.165, 1.54) is 6.07 Å². The van der Waals surface area contributed by atoms with Crippen molar-refractivity contribution in [2.24, 2.45) is 5.92 Å². The normalized spacial score (nSPS) is 14.0. The molecule has 1 aliphatic rings. The van der Waals surface area contributed by atoms with Crippen LogP contribution in [0, 0.1) is 11.0 Å². The molecule has 0 radical (unpaired) electrons. The fraction of sp³-hybridized carbons (Fsp3) is 0.179. The Labute approximate surface area is 220 Å². The van der Waals surface area contributed by atoms with Crippen molar-refractivity contribution in [3.8, 4) is 33.1 Å². The van der Waals surface area contributed by atoms with Gasteiger partial charge in [0.25, 0.3) is 0 Å². The smallest absolute Gasteiger partial charge is 0.227 e. The first-order chi connectivity index (χ1) is 18.6. The number of nitrogens with one attached hydrogen (secondary N) is 3. The van der Waals surface area contributed by atoms with Gasteiger partial charge in [0.15, 0.2) is 5.13 Å². The largest absolute Gasteiger partial charge is 0.352 e. The Morgan fingerprint density at radius 1 is 0.974 bits per heavy atom. The molecule has 6 aromatic heterocycles. The van der Waals surface area contributed by atoms with Crippen molar-refractivity contribution < 1.29 is 9.18 Å². The zero-order valence-electron chi connectivity index (χ0n) is 20.2. The zero-order valence-corrected chi connectivity index (χ0v) is 21.0. The first-order valence-electron chi connectivity index (χ1n) is 12.5. The lowest BCUT2D eigenvalue weighted by molar-refractivity contribution is -0.119. The molecular formula is C28H22FN7OS.